The van der Waals surface area contributed by atoms with Crippen molar-refractivity contribution >= 4 is 17.0 Å². The summed E-state index contributed by atoms with van der Waals surface area (Å²) >= 11 is -2.56. The van der Waals surface area contributed by atoms with Crippen LogP contribution < -0.4 is 10.6 Å². The topological polar surface area (TPSA) is 64.6 Å². The van der Waals surface area contributed by atoms with Crippen molar-refractivity contribution in [3.8, 4) is 0 Å². The number of anilines is 1. The SMILES string of the molecule is CN(NOS(=O)[O-])c1ccccc1. The highest BCUT2D eigenvalue weighted by Gasteiger charge is 1.97. The Bertz CT molecular complexity index is 280. The van der Waals surface area contributed by atoms with Crippen LogP contribution in [0, 0.1) is 0 Å². The van der Waals surface area contributed by atoms with Crippen LogP contribution in [0.3, 0.4) is 0 Å². The van der Waals surface area contributed by atoms with Crippen molar-refractivity contribution in [2.45, 2.75) is 0 Å². The van der Waals surface area contributed by atoms with E-state index in [1.54, 1.807) is 7.05 Å². The Morgan fingerprint density at radius 3 is 2.62 bits per heavy atom. The molecule has 0 radical (unpaired) electrons. The standard InChI is InChI=1S/C7H10N2O3S/c1-9(8-12-13(10)11)7-5-3-2-4-6-7/h2-6,8H,1H3,(H,10,11)/p-1. The van der Waals surface area contributed by atoms with Crippen molar-refractivity contribution in [1.29, 1.82) is 0 Å². The minimum absolute atomic E-state index is 0.799. The van der Waals surface area contributed by atoms with Gasteiger partial charge in [-0.25, -0.2) is 4.21 Å². The van der Waals surface area contributed by atoms with E-state index in [1.807, 2.05) is 30.3 Å². The fourth-order valence-corrected chi connectivity index (χ4v) is 0.963. The average molecular weight is 201 g/mol. The van der Waals surface area contributed by atoms with Crippen molar-refractivity contribution in [3.05, 3.63) is 30.3 Å². The van der Waals surface area contributed by atoms with Gasteiger partial charge in [-0.1, -0.05) is 23.8 Å². The highest BCUT2D eigenvalue weighted by Crippen LogP contribution is 2.07. The number of rotatable bonds is 4. The predicted octanol–water partition coefficient (Wildman–Crippen LogP) is 0.353. The summed E-state index contributed by atoms with van der Waals surface area (Å²) in [4.78, 5) is 0. The fraction of sp³-hybridized carbons (Fsp3) is 0.143. The molecule has 1 aromatic carbocycles. The molecule has 0 aliphatic carbocycles. The molecular formula is C7H9N2O3S-. The second-order valence-electron chi connectivity index (χ2n) is 2.27. The Hall–Kier alpha value is -0.950. The lowest BCUT2D eigenvalue weighted by Crippen LogP contribution is -2.34. The van der Waals surface area contributed by atoms with Crippen molar-refractivity contribution in [3.63, 3.8) is 0 Å². The average Bonchev–Trinajstić information content (AvgIpc) is 2.15. The van der Waals surface area contributed by atoms with Crippen molar-refractivity contribution in [1.82, 2.24) is 5.59 Å². The Labute approximate surface area is 78.7 Å². The summed E-state index contributed by atoms with van der Waals surface area (Å²) in [6, 6.07) is 9.15. The molecular weight excluding hydrogens is 192 g/mol. The van der Waals surface area contributed by atoms with E-state index in [9.17, 15) is 8.76 Å². The maximum Gasteiger partial charge on any atom is 0.107 e. The molecule has 0 fully saturated rings. The monoisotopic (exact) mass is 201 g/mol. The molecule has 0 aliphatic heterocycles. The number of nitrogens with one attached hydrogen (secondary N) is 1. The molecule has 6 heteroatoms. The summed E-state index contributed by atoms with van der Waals surface area (Å²) in [7, 11) is 1.64. The highest BCUT2D eigenvalue weighted by molar-refractivity contribution is 7.74. The quantitative estimate of drug-likeness (QED) is 0.562. The smallest absolute Gasteiger partial charge is 0.107 e. The van der Waals surface area contributed by atoms with Gasteiger partial charge in [0.05, 0.1) is 5.69 Å². The Morgan fingerprint density at radius 2 is 2.08 bits per heavy atom. The van der Waals surface area contributed by atoms with Crippen LogP contribution in [-0.4, -0.2) is 15.8 Å². The Kier molecular flexibility index (Phi) is 3.84. The van der Waals surface area contributed by atoms with Gasteiger partial charge < -0.3 is 4.55 Å². The van der Waals surface area contributed by atoms with Crippen molar-refractivity contribution in [2.24, 2.45) is 0 Å². The largest absolute Gasteiger partial charge is 0.748 e. The summed E-state index contributed by atoms with van der Waals surface area (Å²) in [5, 5.41) is 1.44. The van der Waals surface area contributed by atoms with Gasteiger partial charge in [0.25, 0.3) is 0 Å². The molecule has 5 nitrogen and oxygen atoms in total. The molecule has 0 heterocycles. The van der Waals surface area contributed by atoms with Gasteiger partial charge in [0.2, 0.25) is 0 Å². The highest BCUT2D eigenvalue weighted by atomic mass is 32.2. The van der Waals surface area contributed by atoms with Crippen molar-refractivity contribution < 1.29 is 13.0 Å². The molecule has 0 saturated carbocycles. The summed E-state index contributed by atoms with van der Waals surface area (Å²) < 4.78 is 24.2. The molecule has 0 saturated heterocycles. The van der Waals surface area contributed by atoms with E-state index in [4.69, 9.17) is 0 Å². The molecule has 1 atom stereocenters. The van der Waals surface area contributed by atoms with Crippen molar-refractivity contribution in [2.75, 3.05) is 12.1 Å². The van der Waals surface area contributed by atoms with Crippen LogP contribution in [0.25, 0.3) is 0 Å². The summed E-state index contributed by atoms with van der Waals surface area (Å²) in [5.74, 6) is 0. The maximum atomic E-state index is 10.0. The van der Waals surface area contributed by atoms with Crippen LogP contribution >= 0.6 is 0 Å². The molecule has 1 unspecified atom stereocenters. The van der Waals surface area contributed by atoms with Gasteiger partial charge in [0, 0.05) is 7.05 Å². The van der Waals surface area contributed by atoms with E-state index in [1.165, 1.54) is 5.01 Å². The molecule has 72 valence electrons. The third-order valence-electron chi connectivity index (χ3n) is 1.39. The molecule has 0 amide bonds. The van der Waals surface area contributed by atoms with E-state index in [0.717, 1.165) is 5.69 Å². The summed E-state index contributed by atoms with van der Waals surface area (Å²) in [6.07, 6.45) is 0. The predicted molar refractivity (Wildman–Crippen MR) is 48.0 cm³/mol. The van der Waals surface area contributed by atoms with E-state index in [-0.39, 0.29) is 0 Å². The maximum absolute atomic E-state index is 10.0. The van der Waals surface area contributed by atoms with Gasteiger partial charge in [-0.2, -0.15) is 4.28 Å². The zero-order chi connectivity index (χ0) is 9.68. The van der Waals surface area contributed by atoms with E-state index in [0.29, 0.717) is 0 Å². The second kappa shape index (κ2) is 4.93. The molecule has 1 aromatic rings. The third kappa shape index (κ3) is 3.51. The lowest BCUT2D eigenvalue weighted by Gasteiger charge is -2.19. The summed E-state index contributed by atoms with van der Waals surface area (Å²) in [6.45, 7) is 0. The van der Waals surface area contributed by atoms with Crippen LogP contribution in [0.5, 0.6) is 0 Å². The van der Waals surface area contributed by atoms with E-state index < -0.39 is 11.4 Å². The zero-order valence-corrected chi connectivity index (χ0v) is 7.78. The number of nitrogens with zero attached hydrogens (tertiary/aromatic N) is 1. The minimum Gasteiger partial charge on any atom is -0.748 e. The number of hydrazine groups is 1. The van der Waals surface area contributed by atoms with Crippen LogP contribution in [0.15, 0.2) is 30.3 Å². The Balaban J connectivity index is 2.49. The van der Waals surface area contributed by atoms with Crippen LogP contribution in [0.2, 0.25) is 0 Å². The van der Waals surface area contributed by atoms with Crippen LogP contribution in [-0.2, 0) is 15.6 Å². The number of hydrogen-bond donors (Lipinski definition) is 1. The van der Waals surface area contributed by atoms with Gasteiger partial charge in [-0.05, 0) is 12.1 Å². The molecule has 0 bridgehead atoms. The second-order valence-corrected chi connectivity index (χ2v) is 2.85. The zero-order valence-electron chi connectivity index (χ0n) is 6.97. The van der Waals surface area contributed by atoms with Gasteiger partial charge in [-0.15, -0.1) is 0 Å². The number of para-hydroxylation sites is 1. The van der Waals surface area contributed by atoms with E-state index >= 15 is 0 Å². The van der Waals surface area contributed by atoms with Crippen LogP contribution in [0.4, 0.5) is 5.69 Å². The van der Waals surface area contributed by atoms with Gasteiger partial charge in [-0.3, -0.25) is 5.01 Å². The molecule has 13 heavy (non-hydrogen) atoms. The van der Waals surface area contributed by atoms with Crippen LogP contribution in [0.1, 0.15) is 0 Å². The van der Waals surface area contributed by atoms with E-state index in [2.05, 4.69) is 9.87 Å². The molecule has 0 aromatic heterocycles. The first-order chi connectivity index (χ1) is 6.20. The lowest BCUT2D eigenvalue weighted by molar-refractivity contribution is 0.190. The Morgan fingerprint density at radius 1 is 1.46 bits per heavy atom. The molecule has 1 rings (SSSR count). The van der Waals surface area contributed by atoms with Gasteiger partial charge >= 0.3 is 0 Å². The normalized spacial score (nSPS) is 12.5. The molecule has 0 spiro atoms. The summed E-state index contributed by atoms with van der Waals surface area (Å²) in [5.41, 5.74) is 3.02. The fourth-order valence-electron chi connectivity index (χ4n) is 0.791. The minimum atomic E-state index is -2.56. The van der Waals surface area contributed by atoms with Gasteiger partial charge in [0.15, 0.2) is 0 Å². The lowest BCUT2D eigenvalue weighted by atomic mass is 10.3. The first-order valence-electron chi connectivity index (χ1n) is 3.51. The third-order valence-corrected chi connectivity index (χ3v) is 1.60. The van der Waals surface area contributed by atoms with Gasteiger partial charge in [0.1, 0.15) is 11.4 Å². The number of benzene rings is 1. The first-order valence-corrected chi connectivity index (χ1v) is 4.51. The first kappa shape index (κ1) is 10.1. The molecule has 1 N–H and O–H groups in total. The number of hydrogen-bond acceptors (Lipinski definition) is 5. The molecule has 0 aliphatic rings.